The molecule has 1 amide bonds. The fourth-order valence-electron chi connectivity index (χ4n) is 1.37. The van der Waals surface area contributed by atoms with Crippen molar-refractivity contribution in [1.82, 2.24) is 5.32 Å². The second-order valence-electron chi connectivity index (χ2n) is 3.06. The number of alkyl halides is 1. The van der Waals surface area contributed by atoms with Crippen LogP contribution in [0.25, 0.3) is 0 Å². The molecule has 1 fully saturated rings. The Kier molecular flexibility index (Phi) is 3.71. The first-order valence-electron chi connectivity index (χ1n) is 4.18. The van der Waals surface area contributed by atoms with Crippen molar-refractivity contribution in [3.63, 3.8) is 0 Å². The zero-order valence-corrected chi connectivity index (χ0v) is 8.60. The van der Waals surface area contributed by atoms with Crippen LogP contribution in [0.15, 0.2) is 0 Å². The summed E-state index contributed by atoms with van der Waals surface area (Å²) in [6.07, 6.45) is 0.419. The average Bonchev–Trinajstić information content (AvgIpc) is 2.66. The molecular weight excluding hydrogens is 210 g/mol. The van der Waals surface area contributed by atoms with Crippen molar-refractivity contribution < 1.29 is 19.1 Å². The van der Waals surface area contributed by atoms with Gasteiger partial charge in [0, 0.05) is 13.0 Å². The van der Waals surface area contributed by atoms with Crippen LogP contribution >= 0.6 is 11.6 Å². The number of rotatable bonds is 3. The second kappa shape index (κ2) is 4.61. The van der Waals surface area contributed by atoms with Crippen LogP contribution in [0.4, 0.5) is 0 Å². The fraction of sp³-hybridized carbons (Fsp3) is 0.750. The minimum atomic E-state index is -1.04. The molecule has 80 valence electrons. The van der Waals surface area contributed by atoms with Gasteiger partial charge in [-0.05, 0) is 0 Å². The molecule has 0 aromatic heterocycles. The Morgan fingerprint density at radius 1 is 1.64 bits per heavy atom. The summed E-state index contributed by atoms with van der Waals surface area (Å²) in [5.74, 6) is -1.07. The lowest BCUT2D eigenvalue weighted by Crippen LogP contribution is -2.56. The lowest BCUT2D eigenvalue weighted by Gasteiger charge is -2.24. The number of carbonyl (C=O) groups is 2. The van der Waals surface area contributed by atoms with Crippen molar-refractivity contribution in [2.45, 2.75) is 12.0 Å². The van der Waals surface area contributed by atoms with E-state index < -0.39 is 17.4 Å². The Hall–Kier alpha value is -0.810. The van der Waals surface area contributed by atoms with Gasteiger partial charge in [0.25, 0.3) is 0 Å². The summed E-state index contributed by atoms with van der Waals surface area (Å²) >= 11 is 5.34. The van der Waals surface area contributed by atoms with E-state index in [1.54, 1.807) is 0 Å². The van der Waals surface area contributed by atoms with Crippen molar-refractivity contribution in [2.75, 3.05) is 26.2 Å². The highest BCUT2D eigenvalue weighted by Crippen LogP contribution is 2.20. The normalized spacial score (nSPS) is 25.9. The van der Waals surface area contributed by atoms with E-state index >= 15 is 0 Å². The summed E-state index contributed by atoms with van der Waals surface area (Å²) in [6.45, 7) is 0.569. The van der Waals surface area contributed by atoms with E-state index in [2.05, 4.69) is 10.1 Å². The summed E-state index contributed by atoms with van der Waals surface area (Å²) < 4.78 is 9.68. The molecule has 0 spiro atoms. The van der Waals surface area contributed by atoms with Gasteiger partial charge < -0.3 is 14.8 Å². The Morgan fingerprint density at radius 2 is 2.36 bits per heavy atom. The lowest BCUT2D eigenvalue weighted by atomic mass is 9.99. The molecule has 0 aromatic rings. The van der Waals surface area contributed by atoms with Crippen LogP contribution in [-0.4, -0.2) is 43.6 Å². The highest BCUT2D eigenvalue weighted by molar-refractivity contribution is 6.27. The molecule has 1 rings (SSSR count). The molecule has 0 radical (unpaired) electrons. The molecule has 0 aromatic carbocycles. The van der Waals surface area contributed by atoms with Crippen molar-refractivity contribution in [3.8, 4) is 0 Å². The molecule has 6 heteroatoms. The number of ether oxygens (including phenoxy) is 2. The molecule has 0 bridgehead atoms. The smallest absolute Gasteiger partial charge is 0.334 e. The zero-order valence-electron chi connectivity index (χ0n) is 7.84. The van der Waals surface area contributed by atoms with Crippen molar-refractivity contribution in [2.24, 2.45) is 0 Å². The van der Waals surface area contributed by atoms with E-state index in [9.17, 15) is 9.59 Å². The van der Waals surface area contributed by atoms with Crippen molar-refractivity contribution >= 4 is 23.5 Å². The number of halogens is 1. The molecule has 5 nitrogen and oxygen atoms in total. The van der Waals surface area contributed by atoms with Gasteiger partial charge in [0.05, 0.1) is 13.7 Å². The summed E-state index contributed by atoms with van der Waals surface area (Å²) in [4.78, 5) is 22.5. The van der Waals surface area contributed by atoms with Crippen LogP contribution in [0.2, 0.25) is 0 Å². The monoisotopic (exact) mass is 221 g/mol. The highest BCUT2D eigenvalue weighted by Gasteiger charge is 2.44. The molecule has 0 aliphatic carbocycles. The molecule has 14 heavy (non-hydrogen) atoms. The maximum atomic E-state index is 11.4. The third kappa shape index (κ3) is 2.16. The highest BCUT2D eigenvalue weighted by atomic mass is 35.5. The Labute approximate surface area is 86.7 Å². The van der Waals surface area contributed by atoms with Crippen LogP contribution in [0.1, 0.15) is 6.42 Å². The lowest BCUT2D eigenvalue weighted by molar-refractivity contribution is -0.150. The van der Waals surface area contributed by atoms with E-state index in [0.717, 1.165) is 0 Å². The first-order valence-corrected chi connectivity index (χ1v) is 4.71. The average molecular weight is 222 g/mol. The van der Waals surface area contributed by atoms with Gasteiger partial charge in [0.15, 0.2) is 5.54 Å². The largest absolute Gasteiger partial charge is 0.467 e. The maximum Gasteiger partial charge on any atom is 0.334 e. The minimum absolute atomic E-state index is 0.141. The van der Waals surface area contributed by atoms with E-state index in [4.69, 9.17) is 16.3 Å². The van der Waals surface area contributed by atoms with Gasteiger partial charge in [-0.25, -0.2) is 4.79 Å². The number of methoxy groups -OCH3 is 1. The maximum absolute atomic E-state index is 11.4. The van der Waals surface area contributed by atoms with Gasteiger partial charge in [-0.1, -0.05) is 0 Å². The van der Waals surface area contributed by atoms with Crippen molar-refractivity contribution in [3.05, 3.63) is 0 Å². The van der Waals surface area contributed by atoms with Gasteiger partial charge in [-0.3, -0.25) is 4.79 Å². The Morgan fingerprint density at radius 3 is 2.79 bits per heavy atom. The summed E-state index contributed by atoms with van der Waals surface area (Å²) in [5.41, 5.74) is -1.04. The Bertz CT molecular complexity index is 237. The quantitative estimate of drug-likeness (QED) is 0.524. The summed E-state index contributed by atoms with van der Waals surface area (Å²) in [7, 11) is 1.27. The summed E-state index contributed by atoms with van der Waals surface area (Å²) in [5, 5.41) is 2.52. The zero-order chi connectivity index (χ0) is 10.6. The molecule has 1 atom stereocenters. The number of esters is 1. The van der Waals surface area contributed by atoms with Gasteiger partial charge in [-0.15, -0.1) is 11.6 Å². The molecule has 1 unspecified atom stereocenters. The van der Waals surface area contributed by atoms with Crippen LogP contribution in [0.5, 0.6) is 0 Å². The number of hydrogen-bond donors (Lipinski definition) is 1. The topological polar surface area (TPSA) is 64.6 Å². The van der Waals surface area contributed by atoms with Crippen molar-refractivity contribution in [1.29, 1.82) is 0 Å². The third-order valence-corrected chi connectivity index (χ3v) is 2.34. The van der Waals surface area contributed by atoms with E-state index in [0.29, 0.717) is 13.0 Å². The SMILES string of the molecule is COC(=O)C1(NC(=O)CCl)CCOC1. The molecular formula is C8H12ClNO4. The van der Waals surface area contributed by atoms with Gasteiger partial charge in [-0.2, -0.15) is 0 Å². The summed E-state index contributed by atoms with van der Waals surface area (Å²) in [6, 6.07) is 0. The number of nitrogens with one attached hydrogen (secondary N) is 1. The standard InChI is InChI=1S/C8H12ClNO4/c1-13-7(12)8(2-3-14-5-8)10-6(11)4-9/h2-5H2,1H3,(H,10,11). The predicted octanol–water partition coefficient (Wildman–Crippen LogP) is -0.327. The molecule has 1 heterocycles. The van der Waals surface area contributed by atoms with E-state index in [-0.39, 0.29) is 12.5 Å². The van der Waals surface area contributed by atoms with Crippen LogP contribution in [0, 0.1) is 0 Å². The third-order valence-electron chi connectivity index (χ3n) is 2.10. The molecule has 1 aliphatic rings. The first-order chi connectivity index (χ1) is 6.64. The van der Waals surface area contributed by atoms with Crippen LogP contribution in [0.3, 0.4) is 0 Å². The van der Waals surface area contributed by atoms with Crippen LogP contribution in [-0.2, 0) is 19.1 Å². The first kappa shape index (κ1) is 11.3. The van der Waals surface area contributed by atoms with Crippen LogP contribution < -0.4 is 5.32 Å². The molecule has 1 N–H and O–H groups in total. The molecule has 1 aliphatic heterocycles. The minimum Gasteiger partial charge on any atom is -0.467 e. The molecule has 1 saturated heterocycles. The Balaban J connectivity index is 2.71. The molecule has 0 saturated carbocycles. The van der Waals surface area contributed by atoms with E-state index in [1.807, 2.05) is 0 Å². The van der Waals surface area contributed by atoms with Gasteiger partial charge >= 0.3 is 5.97 Å². The second-order valence-corrected chi connectivity index (χ2v) is 3.33. The predicted molar refractivity (Wildman–Crippen MR) is 49.0 cm³/mol. The van der Waals surface area contributed by atoms with E-state index in [1.165, 1.54) is 7.11 Å². The number of hydrogen-bond acceptors (Lipinski definition) is 4. The number of amides is 1. The van der Waals surface area contributed by atoms with Gasteiger partial charge in [0.1, 0.15) is 5.88 Å². The fourth-order valence-corrected chi connectivity index (χ4v) is 1.44. The number of carbonyl (C=O) groups excluding carboxylic acids is 2. The van der Waals surface area contributed by atoms with Gasteiger partial charge in [0.2, 0.25) is 5.91 Å².